The molecule has 0 unspecified atom stereocenters. The molecule has 0 radical (unpaired) electrons. The average Bonchev–Trinajstić information content (AvgIpc) is 3.19. The summed E-state index contributed by atoms with van der Waals surface area (Å²) in [6.45, 7) is 0. The molecule has 6 nitrogen and oxygen atoms in total. The number of nitrogens with one attached hydrogen (secondary N) is 2. The molecule has 8 heteroatoms. The number of rotatable bonds is 5. The van der Waals surface area contributed by atoms with Crippen LogP contribution in [-0.4, -0.2) is 23.1 Å². The zero-order chi connectivity index (χ0) is 21.8. The zero-order valence-corrected chi connectivity index (χ0v) is 18.1. The Morgan fingerprint density at radius 3 is 2.65 bits per heavy atom. The summed E-state index contributed by atoms with van der Waals surface area (Å²) in [4.78, 5) is 16.8. The average molecular weight is 452 g/mol. The van der Waals surface area contributed by atoms with E-state index in [9.17, 15) is 4.79 Å². The molecular formula is C23H18ClN3O3S. The second kappa shape index (κ2) is 9.16. The molecule has 0 atom stereocenters. The smallest absolute Gasteiger partial charge is 0.230 e. The molecular weight excluding hydrogens is 434 g/mol. The first-order valence-electron chi connectivity index (χ1n) is 9.41. The number of carbonyl (C=O) groups excluding carboxylic acids is 1. The van der Waals surface area contributed by atoms with E-state index >= 15 is 0 Å². The lowest BCUT2D eigenvalue weighted by Gasteiger charge is -2.13. The van der Waals surface area contributed by atoms with Crippen molar-refractivity contribution in [1.82, 2.24) is 10.3 Å². The molecule has 0 aliphatic rings. The highest BCUT2D eigenvalue weighted by molar-refractivity contribution is 7.80. The topological polar surface area (TPSA) is 76.4 Å². The summed E-state index contributed by atoms with van der Waals surface area (Å²) < 4.78 is 11.2. The van der Waals surface area contributed by atoms with E-state index in [1.807, 2.05) is 30.3 Å². The standard InChI is InChI=1S/C23H18ClN3O3S/c1-29-19-11-8-15(22-25-17-4-2-3-5-20(17)30-22)13-18(19)26-23(31)27-21(28)12-14-6-9-16(24)10-7-14/h2-11,13H,12H2,1H3,(H2,26,27,28,31). The molecule has 1 aromatic heterocycles. The van der Waals surface area contributed by atoms with E-state index < -0.39 is 0 Å². The fourth-order valence-electron chi connectivity index (χ4n) is 3.05. The van der Waals surface area contributed by atoms with Crippen LogP contribution in [0.25, 0.3) is 22.6 Å². The Balaban J connectivity index is 1.48. The van der Waals surface area contributed by atoms with Gasteiger partial charge in [0.15, 0.2) is 10.7 Å². The van der Waals surface area contributed by atoms with Crippen molar-refractivity contribution < 1.29 is 13.9 Å². The van der Waals surface area contributed by atoms with E-state index in [0.29, 0.717) is 27.9 Å². The van der Waals surface area contributed by atoms with Gasteiger partial charge in [-0.15, -0.1) is 0 Å². The predicted octanol–water partition coefficient (Wildman–Crippen LogP) is 5.21. The van der Waals surface area contributed by atoms with Crippen LogP contribution in [0.3, 0.4) is 0 Å². The van der Waals surface area contributed by atoms with Crippen LogP contribution >= 0.6 is 23.8 Å². The highest BCUT2D eigenvalue weighted by Crippen LogP contribution is 2.31. The van der Waals surface area contributed by atoms with Gasteiger partial charge in [-0.2, -0.15) is 0 Å². The minimum atomic E-state index is -0.242. The summed E-state index contributed by atoms with van der Waals surface area (Å²) >= 11 is 11.2. The van der Waals surface area contributed by atoms with Gasteiger partial charge in [0.25, 0.3) is 0 Å². The fraction of sp³-hybridized carbons (Fsp3) is 0.0870. The third-order valence-electron chi connectivity index (χ3n) is 4.52. The number of benzene rings is 3. The summed E-state index contributed by atoms with van der Waals surface area (Å²) in [5, 5.41) is 6.47. The molecule has 1 amide bonds. The number of para-hydroxylation sites is 2. The van der Waals surface area contributed by atoms with E-state index in [2.05, 4.69) is 15.6 Å². The molecule has 2 N–H and O–H groups in total. The van der Waals surface area contributed by atoms with Crippen LogP contribution in [-0.2, 0) is 11.2 Å². The number of nitrogens with zero attached hydrogens (tertiary/aromatic N) is 1. The van der Waals surface area contributed by atoms with Crippen LogP contribution in [0.15, 0.2) is 71.1 Å². The lowest BCUT2D eigenvalue weighted by molar-refractivity contribution is -0.119. The third kappa shape index (κ3) is 5.02. The monoisotopic (exact) mass is 451 g/mol. The Hall–Kier alpha value is -3.42. The second-order valence-electron chi connectivity index (χ2n) is 6.71. The SMILES string of the molecule is COc1ccc(-c2nc3ccccc3o2)cc1NC(=S)NC(=O)Cc1ccc(Cl)cc1. The van der Waals surface area contributed by atoms with Crippen molar-refractivity contribution in [2.24, 2.45) is 0 Å². The number of hydrogen-bond acceptors (Lipinski definition) is 5. The van der Waals surface area contributed by atoms with Crippen molar-refractivity contribution in [1.29, 1.82) is 0 Å². The van der Waals surface area contributed by atoms with Gasteiger partial charge in [-0.3, -0.25) is 4.79 Å². The maximum absolute atomic E-state index is 12.3. The van der Waals surface area contributed by atoms with E-state index in [4.69, 9.17) is 33.0 Å². The number of halogens is 1. The minimum Gasteiger partial charge on any atom is -0.495 e. The first kappa shape index (κ1) is 20.8. The molecule has 156 valence electrons. The Kier molecular flexibility index (Phi) is 6.16. The first-order valence-corrected chi connectivity index (χ1v) is 10.2. The van der Waals surface area contributed by atoms with Crippen LogP contribution in [0, 0.1) is 0 Å². The van der Waals surface area contributed by atoms with Crippen molar-refractivity contribution in [2.75, 3.05) is 12.4 Å². The summed E-state index contributed by atoms with van der Waals surface area (Å²) in [6, 6.07) is 20.0. The summed E-state index contributed by atoms with van der Waals surface area (Å²) in [5.74, 6) is 0.799. The molecule has 0 aliphatic heterocycles. The zero-order valence-electron chi connectivity index (χ0n) is 16.5. The van der Waals surface area contributed by atoms with E-state index in [1.165, 1.54) is 0 Å². The first-order chi connectivity index (χ1) is 15.0. The van der Waals surface area contributed by atoms with E-state index in [0.717, 1.165) is 16.6 Å². The van der Waals surface area contributed by atoms with Gasteiger partial charge in [0, 0.05) is 10.6 Å². The van der Waals surface area contributed by atoms with Crippen LogP contribution in [0.1, 0.15) is 5.56 Å². The van der Waals surface area contributed by atoms with Crippen LogP contribution in [0.4, 0.5) is 5.69 Å². The molecule has 0 spiro atoms. The highest BCUT2D eigenvalue weighted by Gasteiger charge is 2.13. The molecule has 1 heterocycles. The maximum atomic E-state index is 12.3. The quantitative estimate of drug-likeness (QED) is 0.405. The van der Waals surface area contributed by atoms with Gasteiger partial charge in [0.05, 0.1) is 19.2 Å². The number of thiocarbonyl (C=S) groups is 1. The fourth-order valence-corrected chi connectivity index (χ4v) is 3.40. The number of hydrogen-bond donors (Lipinski definition) is 2. The van der Waals surface area contributed by atoms with Gasteiger partial charge in [0.2, 0.25) is 11.8 Å². The van der Waals surface area contributed by atoms with Gasteiger partial charge in [0.1, 0.15) is 11.3 Å². The molecule has 4 aromatic rings. The molecule has 31 heavy (non-hydrogen) atoms. The van der Waals surface area contributed by atoms with Gasteiger partial charge >= 0.3 is 0 Å². The van der Waals surface area contributed by atoms with Gasteiger partial charge in [-0.05, 0) is 60.2 Å². The van der Waals surface area contributed by atoms with Crippen LogP contribution < -0.4 is 15.4 Å². The Bertz CT molecular complexity index is 1220. The molecule has 0 saturated heterocycles. The Morgan fingerprint density at radius 1 is 1.13 bits per heavy atom. The van der Waals surface area contributed by atoms with E-state index in [-0.39, 0.29) is 17.4 Å². The number of fused-ring (bicyclic) bond motifs is 1. The van der Waals surface area contributed by atoms with Crippen LogP contribution in [0.5, 0.6) is 5.75 Å². The second-order valence-corrected chi connectivity index (χ2v) is 7.55. The molecule has 0 bridgehead atoms. The summed E-state index contributed by atoms with van der Waals surface area (Å²) in [6.07, 6.45) is 0.180. The number of ether oxygens (including phenoxy) is 1. The van der Waals surface area contributed by atoms with Crippen molar-refractivity contribution >= 4 is 51.6 Å². The minimum absolute atomic E-state index is 0.159. The van der Waals surface area contributed by atoms with Crippen molar-refractivity contribution in [2.45, 2.75) is 6.42 Å². The number of amides is 1. The molecule has 0 aliphatic carbocycles. The van der Waals surface area contributed by atoms with Crippen molar-refractivity contribution in [3.8, 4) is 17.2 Å². The van der Waals surface area contributed by atoms with E-state index in [1.54, 1.807) is 43.5 Å². The molecule has 3 aromatic carbocycles. The normalized spacial score (nSPS) is 10.6. The summed E-state index contributed by atoms with van der Waals surface area (Å²) in [7, 11) is 1.56. The van der Waals surface area contributed by atoms with Crippen molar-refractivity contribution in [3.05, 3.63) is 77.3 Å². The highest BCUT2D eigenvalue weighted by atomic mass is 35.5. The number of aromatic nitrogens is 1. The van der Waals surface area contributed by atoms with Crippen molar-refractivity contribution in [3.63, 3.8) is 0 Å². The third-order valence-corrected chi connectivity index (χ3v) is 4.98. The number of methoxy groups -OCH3 is 1. The van der Waals surface area contributed by atoms with Crippen LogP contribution in [0.2, 0.25) is 5.02 Å². The van der Waals surface area contributed by atoms with Gasteiger partial charge in [-0.1, -0.05) is 35.9 Å². The molecule has 0 saturated carbocycles. The van der Waals surface area contributed by atoms with Gasteiger partial charge in [-0.25, -0.2) is 4.98 Å². The maximum Gasteiger partial charge on any atom is 0.230 e. The molecule has 4 rings (SSSR count). The predicted molar refractivity (Wildman–Crippen MR) is 126 cm³/mol. The Labute approximate surface area is 189 Å². The number of anilines is 1. The van der Waals surface area contributed by atoms with Gasteiger partial charge < -0.3 is 19.8 Å². The Morgan fingerprint density at radius 2 is 1.90 bits per heavy atom. The summed E-state index contributed by atoms with van der Waals surface area (Å²) in [5.41, 5.74) is 3.63. The lowest BCUT2D eigenvalue weighted by atomic mass is 10.1. The largest absolute Gasteiger partial charge is 0.495 e. The number of oxazole rings is 1. The molecule has 0 fully saturated rings. The number of carbonyl (C=O) groups is 1. The lowest BCUT2D eigenvalue weighted by Crippen LogP contribution is -2.35.